The van der Waals surface area contributed by atoms with Crippen LogP contribution < -0.4 is 20.6 Å². The Morgan fingerprint density at radius 1 is 0.662 bits per heavy atom. The van der Waals surface area contributed by atoms with Gasteiger partial charge in [0, 0.05) is 42.9 Å². The van der Waals surface area contributed by atoms with Gasteiger partial charge in [-0.2, -0.15) is 0 Å². The first-order chi connectivity index (χ1) is 36.7. The molecule has 0 spiro atoms. The summed E-state index contributed by atoms with van der Waals surface area (Å²) in [4.78, 5) is 72.5. The molecule has 6 aromatic rings. The predicted octanol–water partition coefficient (Wildman–Crippen LogP) is 5.26. The van der Waals surface area contributed by atoms with Crippen LogP contribution in [0.5, 0.6) is 11.5 Å². The minimum Gasteiger partial charge on any atom is -0.468 e. The number of hydrogen-bond acceptors (Lipinski definition) is 18. The molecule has 5 N–H and O–H groups in total. The fourth-order valence-electron chi connectivity index (χ4n) is 8.64. The van der Waals surface area contributed by atoms with E-state index in [1.165, 1.54) is 32.6 Å². The van der Waals surface area contributed by atoms with E-state index >= 15 is 0 Å². The highest BCUT2D eigenvalue weighted by Gasteiger charge is 2.46. The van der Waals surface area contributed by atoms with Gasteiger partial charge < -0.3 is 67.9 Å². The number of fused-ring (bicyclic) bond motifs is 2. The molecule has 10 atom stereocenters. The molecule has 77 heavy (non-hydrogen) atoms. The number of aliphatic hydroxyl groups excluding tert-OH is 4. The lowest BCUT2D eigenvalue weighted by molar-refractivity contribution is -0.277. The number of esters is 4. The van der Waals surface area contributed by atoms with Gasteiger partial charge in [-0.3, -0.25) is 28.8 Å². The summed E-state index contributed by atoms with van der Waals surface area (Å²) in [6.07, 6.45) is -5.60. The number of H-pyrrole nitrogens is 1. The second kappa shape index (κ2) is 26.9. The Morgan fingerprint density at radius 2 is 1.21 bits per heavy atom. The zero-order valence-corrected chi connectivity index (χ0v) is 45.3. The number of benzene rings is 4. The number of nitrogens with zero attached hydrogens (tertiary/aromatic N) is 1. The molecule has 2 aromatic heterocycles. The van der Waals surface area contributed by atoms with E-state index in [2.05, 4.69) is 30.4 Å². The standard InChI is InChI=1S/C28H31NO7.C25H27NO9.C3H5BrO2/c1-15-12-21(22-7-6-20-10-11-29-27(32)23(20)13-22)8-9-24(15)35-28-26(34-19(5)31)17(3)16(2)25(36-28)14-33-18(4)30;1-13-9-15(5-6-18(13)34-25-23(31)22(30)21(29)19(12-27)35-25)16-4-3-14-7-8-26(11-20(28)33-2)24(32)17(14)10-16;1-6-3(5)2-4/h6-13,16-17,25-26,28H,14H2,1-5H3,(H,29,32);3-10,19,21-23,25,27,29-31H,11-12H2,1-2H3;2H2,1H3. The minimum atomic E-state index is -1.54. The van der Waals surface area contributed by atoms with Gasteiger partial charge in [0.25, 0.3) is 11.1 Å². The Kier molecular flexibility index (Phi) is 20.7. The van der Waals surface area contributed by atoms with Crippen molar-refractivity contribution in [3.63, 3.8) is 0 Å². The maximum atomic E-state index is 12.9. The maximum absolute atomic E-state index is 12.9. The van der Waals surface area contributed by atoms with Gasteiger partial charge in [-0.25, -0.2) is 0 Å². The van der Waals surface area contributed by atoms with Crippen molar-refractivity contribution in [1.29, 1.82) is 0 Å². The first-order valence-corrected chi connectivity index (χ1v) is 25.6. The number of carbonyl (C=O) groups is 4. The Morgan fingerprint density at radius 3 is 1.74 bits per heavy atom. The molecule has 2 fully saturated rings. The number of ether oxygens (including phenoxy) is 8. The van der Waals surface area contributed by atoms with Crippen LogP contribution in [0.3, 0.4) is 0 Å². The number of aliphatic hydroxyl groups is 4. The van der Waals surface area contributed by atoms with Gasteiger partial charge >= 0.3 is 23.9 Å². The average Bonchev–Trinajstić information content (AvgIpc) is 3.42. The molecule has 10 unspecified atom stereocenters. The third kappa shape index (κ3) is 14.7. The highest BCUT2D eigenvalue weighted by atomic mass is 79.9. The van der Waals surface area contributed by atoms with Crippen LogP contribution in [0.2, 0.25) is 0 Å². The summed E-state index contributed by atoms with van der Waals surface area (Å²) in [5.74, 6) is -0.750. The number of rotatable bonds is 13. The van der Waals surface area contributed by atoms with Crippen LogP contribution in [0, 0.1) is 25.7 Å². The third-order valence-corrected chi connectivity index (χ3v) is 13.7. The summed E-state index contributed by atoms with van der Waals surface area (Å²) < 4.78 is 44.5. The lowest BCUT2D eigenvalue weighted by Gasteiger charge is -2.43. The number of halogens is 1. The van der Waals surface area contributed by atoms with Crippen molar-refractivity contribution in [2.24, 2.45) is 11.8 Å². The minimum absolute atomic E-state index is 0.0342. The van der Waals surface area contributed by atoms with Crippen LogP contribution in [-0.2, 0) is 54.1 Å². The molecular formula is C56H63BrN2O18. The topological polar surface area (TPSA) is 278 Å². The van der Waals surface area contributed by atoms with Crippen LogP contribution in [0.4, 0.5) is 0 Å². The highest BCUT2D eigenvalue weighted by molar-refractivity contribution is 9.09. The molecule has 20 nitrogen and oxygen atoms in total. The lowest BCUT2D eigenvalue weighted by Crippen LogP contribution is -2.60. The maximum Gasteiger partial charge on any atom is 0.325 e. The summed E-state index contributed by atoms with van der Waals surface area (Å²) in [5.41, 5.74) is 4.50. The van der Waals surface area contributed by atoms with Gasteiger partial charge in [0.2, 0.25) is 12.6 Å². The Labute approximate surface area is 451 Å². The van der Waals surface area contributed by atoms with Crippen molar-refractivity contribution in [2.75, 3.05) is 32.8 Å². The molecule has 8 rings (SSSR count). The first-order valence-electron chi connectivity index (χ1n) is 24.4. The van der Waals surface area contributed by atoms with E-state index in [4.69, 9.17) is 28.4 Å². The summed E-state index contributed by atoms with van der Waals surface area (Å²) in [6, 6.07) is 25.8. The number of hydrogen-bond donors (Lipinski definition) is 5. The molecule has 0 aliphatic carbocycles. The van der Waals surface area contributed by atoms with Crippen molar-refractivity contribution in [2.45, 2.75) is 97.3 Å². The summed E-state index contributed by atoms with van der Waals surface area (Å²) in [6.45, 7) is 9.70. The molecule has 0 radical (unpaired) electrons. The van der Waals surface area contributed by atoms with E-state index < -0.39 is 67.7 Å². The largest absolute Gasteiger partial charge is 0.468 e. The van der Waals surface area contributed by atoms with Gasteiger partial charge in [-0.15, -0.1) is 0 Å². The number of aromatic nitrogens is 2. The number of aryl methyl sites for hydroxylation is 2. The fourth-order valence-corrected chi connectivity index (χ4v) is 8.87. The van der Waals surface area contributed by atoms with Gasteiger partial charge in [-0.1, -0.05) is 66.2 Å². The van der Waals surface area contributed by atoms with Crippen molar-refractivity contribution in [3.8, 4) is 33.8 Å². The second-order valence-corrected chi connectivity index (χ2v) is 19.0. The molecule has 21 heteroatoms. The van der Waals surface area contributed by atoms with Crippen LogP contribution in [0.25, 0.3) is 43.8 Å². The van der Waals surface area contributed by atoms with Crippen molar-refractivity contribution < 1.29 is 77.5 Å². The van der Waals surface area contributed by atoms with E-state index in [0.29, 0.717) is 27.8 Å². The highest BCUT2D eigenvalue weighted by Crippen LogP contribution is 2.37. The van der Waals surface area contributed by atoms with Gasteiger partial charge in [0.15, 0.2) is 6.10 Å². The van der Waals surface area contributed by atoms with Crippen molar-refractivity contribution in [3.05, 3.63) is 129 Å². The SMILES string of the molecule is CC(=O)OCC1OC(Oc2ccc(-c3ccc4cc[nH]c(=O)c4c3)cc2C)C(OC(C)=O)C(C)C1C.COC(=O)CBr.COC(=O)Cn1ccc2ccc(-c3ccc(OC4OC(CO)C(O)C(O)C4O)c(C)c3)cc2c1=O. The lowest BCUT2D eigenvalue weighted by atomic mass is 9.83. The normalized spacial score (nSPS) is 22.8. The molecule has 0 saturated carbocycles. The van der Waals surface area contributed by atoms with Crippen molar-refractivity contribution >= 4 is 61.4 Å². The summed E-state index contributed by atoms with van der Waals surface area (Å²) in [7, 11) is 2.61. The first kappa shape index (κ1) is 59.3. The third-order valence-electron chi connectivity index (χ3n) is 13.2. The van der Waals surface area contributed by atoms with E-state index in [1.54, 1.807) is 43.6 Å². The van der Waals surface area contributed by atoms with Gasteiger partial charge in [-0.05, 0) is 112 Å². The zero-order valence-electron chi connectivity index (χ0n) is 43.7. The summed E-state index contributed by atoms with van der Waals surface area (Å²) >= 11 is 2.90. The van der Waals surface area contributed by atoms with E-state index in [0.717, 1.165) is 38.6 Å². The summed E-state index contributed by atoms with van der Waals surface area (Å²) in [5, 5.41) is 42.4. The number of methoxy groups -OCH3 is 2. The molecule has 4 aromatic carbocycles. The van der Waals surface area contributed by atoms with Gasteiger partial charge in [0.05, 0.1) is 26.9 Å². The van der Waals surface area contributed by atoms with Crippen molar-refractivity contribution in [1.82, 2.24) is 9.55 Å². The van der Waals surface area contributed by atoms with E-state index in [9.17, 15) is 49.2 Å². The average molecular weight is 1130 g/mol. The Balaban J connectivity index is 0.000000226. The van der Waals surface area contributed by atoms with Crippen LogP contribution >= 0.6 is 15.9 Å². The van der Waals surface area contributed by atoms with Crippen LogP contribution in [-0.4, -0.2) is 136 Å². The molecule has 2 aliphatic rings. The quantitative estimate of drug-likeness (QED) is 0.0560. The smallest absolute Gasteiger partial charge is 0.325 e. The Bertz CT molecular complexity index is 3170. The number of aromatic amines is 1. The molecular weight excluding hydrogens is 1070 g/mol. The molecule has 0 bridgehead atoms. The van der Waals surface area contributed by atoms with E-state index in [-0.39, 0.29) is 53.4 Å². The molecule has 0 amide bonds. The number of alkyl halides is 1. The fraction of sp³-hybridized carbons (Fsp3) is 0.393. The monoisotopic (exact) mass is 1130 g/mol. The Hall–Kier alpha value is -6.98. The zero-order chi connectivity index (χ0) is 56.2. The van der Waals surface area contributed by atoms with E-state index in [1.807, 2.05) is 81.4 Å². The van der Waals surface area contributed by atoms with Crippen LogP contribution in [0.15, 0.2) is 107 Å². The number of nitrogens with one attached hydrogen (secondary N) is 1. The van der Waals surface area contributed by atoms with Gasteiger partial charge in [0.1, 0.15) is 54.4 Å². The molecule has 2 aliphatic heterocycles. The molecule has 412 valence electrons. The predicted molar refractivity (Wildman–Crippen MR) is 285 cm³/mol. The molecule has 4 heterocycles. The number of carbonyl (C=O) groups excluding carboxylic acids is 4. The molecule has 2 saturated heterocycles. The van der Waals surface area contributed by atoms with Crippen LogP contribution in [0.1, 0.15) is 38.8 Å². The second-order valence-electron chi connectivity index (χ2n) is 18.5. The number of pyridine rings is 2.